The average molecular weight is 302 g/mol. The molecule has 0 radical (unpaired) electrons. The van der Waals surface area contributed by atoms with Crippen LogP contribution in [-0.2, 0) is 32.6 Å². The summed E-state index contributed by atoms with van der Waals surface area (Å²) in [6.45, 7) is 6.45. The SMILES string of the molecule is CC(C)OCOCOP(=O)(O)OCOCOC(C)C. The van der Waals surface area contributed by atoms with Crippen molar-refractivity contribution in [3.8, 4) is 0 Å². The first kappa shape index (κ1) is 18.9. The molecule has 0 aromatic carbocycles. The van der Waals surface area contributed by atoms with Gasteiger partial charge in [-0.05, 0) is 27.7 Å². The molecule has 0 saturated carbocycles. The van der Waals surface area contributed by atoms with Crippen molar-refractivity contribution in [2.75, 3.05) is 27.2 Å². The van der Waals surface area contributed by atoms with Crippen molar-refractivity contribution in [3.63, 3.8) is 0 Å². The maximum atomic E-state index is 11.3. The number of hydrogen-bond donors (Lipinski definition) is 1. The first-order valence-corrected chi connectivity index (χ1v) is 7.33. The van der Waals surface area contributed by atoms with Crippen LogP contribution in [0.15, 0.2) is 0 Å². The zero-order valence-corrected chi connectivity index (χ0v) is 12.6. The lowest BCUT2D eigenvalue weighted by atomic mass is 10.5. The van der Waals surface area contributed by atoms with Gasteiger partial charge in [0.05, 0.1) is 12.2 Å². The summed E-state index contributed by atoms with van der Waals surface area (Å²) in [7, 11) is -4.18. The summed E-state index contributed by atoms with van der Waals surface area (Å²) in [6, 6.07) is 0. The van der Waals surface area contributed by atoms with Gasteiger partial charge >= 0.3 is 7.82 Å². The number of rotatable bonds is 12. The number of phosphoric acid groups is 1. The van der Waals surface area contributed by atoms with Crippen molar-refractivity contribution in [1.82, 2.24) is 0 Å². The molecule has 0 rings (SSSR count). The van der Waals surface area contributed by atoms with Crippen molar-refractivity contribution in [2.45, 2.75) is 39.9 Å². The van der Waals surface area contributed by atoms with E-state index in [2.05, 4.69) is 9.05 Å². The zero-order valence-electron chi connectivity index (χ0n) is 11.7. The Labute approximate surface area is 113 Å². The number of phosphoric ester groups is 1. The number of ether oxygens (including phenoxy) is 4. The average Bonchev–Trinajstić information content (AvgIpc) is 2.27. The Kier molecular flexibility index (Phi) is 10.7. The summed E-state index contributed by atoms with van der Waals surface area (Å²) < 4.78 is 40.0. The Bertz CT molecular complexity index is 236. The molecule has 0 aliphatic heterocycles. The first-order chi connectivity index (χ1) is 8.83. The molecule has 1 N–H and O–H groups in total. The van der Waals surface area contributed by atoms with E-state index in [-0.39, 0.29) is 25.8 Å². The first-order valence-electron chi connectivity index (χ1n) is 5.84. The minimum absolute atomic E-state index is 0.00605. The van der Waals surface area contributed by atoms with E-state index in [0.29, 0.717) is 0 Å². The predicted molar refractivity (Wildman–Crippen MR) is 66.1 cm³/mol. The lowest BCUT2D eigenvalue weighted by Crippen LogP contribution is -2.11. The molecule has 0 saturated heterocycles. The standard InChI is InChI=1S/C10H23O8P/c1-9(2)15-5-13-7-17-19(11,12)18-8-14-6-16-10(3)4/h9-10H,5-8H2,1-4H3,(H,11,12). The van der Waals surface area contributed by atoms with E-state index >= 15 is 0 Å². The smallest absolute Gasteiger partial charge is 0.353 e. The molecule has 0 spiro atoms. The minimum Gasteiger partial charge on any atom is -0.353 e. The minimum atomic E-state index is -4.18. The van der Waals surface area contributed by atoms with Crippen LogP contribution in [0.25, 0.3) is 0 Å². The largest absolute Gasteiger partial charge is 0.476 e. The van der Waals surface area contributed by atoms with Gasteiger partial charge in [-0.2, -0.15) is 0 Å². The maximum absolute atomic E-state index is 11.3. The third-order valence-corrected chi connectivity index (χ3v) is 2.43. The molecule has 0 atom stereocenters. The highest BCUT2D eigenvalue weighted by Crippen LogP contribution is 2.42. The molecule has 116 valence electrons. The van der Waals surface area contributed by atoms with Crippen LogP contribution >= 0.6 is 7.82 Å². The fourth-order valence-electron chi connectivity index (χ4n) is 0.681. The summed E-state index contributed by atoms with van der Waals surface area (Å²) in [5.74, 6) is 0. The third-order valence-electron chi connectivity index (χ3n) is 1.57. The Morgan fingerprint density at radius 1 is 0.842 bits per heavy atom. The summed E-state index contributed by atoms with van der Waals surface area (Å²) in [5, 5.41) is 0. The third kappa shape index (κ3) is 14.2. The van der Waals surface area contributed by atoms with Gasteiger partial charge in [-0.15, -0.1) is 0 Å². The van der Waals surface area contributed by atoms with E-state index in [0.717, 1.165) is 0 Å². The maximum Gasteiger partial charge on any atom is 0.476 e. The van der Waals surface area contributed by atoms with Crippen LogP contribution in [0.2, 0.25) is 0 Å². The summed E-state index contributed by atoms with van der Waals surface area (Å²) in [4.78, 5) is 9.20. The second-order valence-electron chi connectivity index (χ2n) is 4.04. The van der Waals surface area contributed by atoms with Crippen LogP contribution in [-0.4, -0.2) is 44.3 Å². The van der Waals surface area contributed by atoms with Gasteiger partial charge in [0.15, 0.2) is 13.6 Å². The fraction of sp³-hybridized carbons (Fsp3) is 1.00. The Balaban J connectivity index is 3.50. The zero-order chi connectivity index (χ0) is 14.7. The highest BCUT2D eigenvalue weighted by Gasteiger charge is 2.21. The van der Waals surface area contributed by atoms with Crippen LogP contribution in [0.5, 0.6) is 0 Å². The van der Waals surface area contributed by atoms with Gasteiger partial charge in [0, 0.05) is 0 Å². The van der Waals surface area contributed by atoms with E-state index in [1.807, 2.05) is 27.7 Å². The molecule has 19 heavy (non-hydrogen) atoms. The second-order valence-corrected chi connectivity index (χ2v) is 5.49. The van der Waals surface area contributed by atoms with Crippen molar-refractivity contribution < 1.29 is 37.5 Å². The molecule has 0 aromatic heterocycles. The van der Waals surface area contributed by atoms with Crippen LogP contribution in [0.4, 0.5) is 0 Å². The second kappa shape index (κ2) is 10.7. The Morgan fingerprint density at radius 3 is 1.53 bits per heavy atom. The highest BCUT2D eigenvalue weighted by atomic mass is 31.2. The van der Waals surface area contributed by atoms with E-state index < -0.39 is 21.4 Å². The molecule has 0 amide bonds. The van der Waals surface area contributed by atoms with E-state index in [1.54, 1.807) is 0 Å². The summed E-state index contributed by atoms with van der Waals surface area (Å²) in [5.41, 5.74) is 0. The lowest BCUT2D eigenvalue weighted by Gasteiger charge is -2.13. The van der Waals surface area contributed by atoms with Gasteiger partial charge in [0.2, 0.25) is 0 Å². The topological polar surface area (TPSA) is 92.7 Å². The highest BCUT2D eigenvalue weighted by molar-refractivity contribution is 7.47. The Hall–Kier alpha value is -0.0500. The van der Waals surface area contributed by atoms with Gasteiger partial charge < -0.3 is 23.8 Å². The monoisotopic (exact) mass is 302 g/mol. The molecule has 0 aliphatic carbocycles. The van der Waals surface area contributed by atoms with Gasteiger partial charge in [-0.3, -0.25) is 9.05 Å². The fourth-order valence-corrected chi connectivity index (χ4v) is 1.17. The van der Waals surface area contributed by atoms with Crippen LogP contribution in [0.3, 0.4) is 0 Å². The quantitative estimate of drug-likeness (QED) is 0.331. The van der Waals surface area contributed by atoms with Crippen LogP contribution < -0.4 is 0 Å². The van der Waals surface area contributed by atoms with E-state index in [1.165, 1.54) is 0 Å². The summed E-state index contributed by atoms with van der Waals surface area (Å²) in [6.07, 6.45) is 0.0121. The van der Waals surface area contributed by atoms with Gasteiger partial charge in [-0.1, -0.05) is 0 Å². The molecule has 0 aromatic rings. The van der Waals surface area contributed by atoms with Crippen LogP contribution in [0.1, 0.15) is 27.7 Å². The lowest BCUT2D eigenvalue weighted by molar-refractivity contribution is -0.136. The molecular formula is C10H23O8P. The van der Waals surface area contributed by atoms with Crippen molar-refractivity contribution in [1.29, 1.82) is 0 Å². The van der Waals surface area contributed by atoms with Crippen molar-refractivity contribution >= 4 is 7.82 Å². The molecule has 0 fully saturated rings. The molecule has 8 nitrogen and oxygen atoms in total. The molecule has 0 unspecified atom stereocenters. The van der Waals surface area contributed by atoms with Gasteiger partial charge in [-0.25, -0.2) is 4.57 Å². The molecule has 0 aliphatic rings. The van der Waals surface area contributed by atoms with Gasteiger partial charge in [0.1, 0.15) is 13.6 Å². The Morgan fingerprint density at radius 2 is 1.21 bits per heavy atom. The number of hydrogen-bond acceptors (Lipinski definition) is 7. The van der Waals surface area contributed by atoms with E-state index in [4.69, 9.17) is 18.9 Å². The van der Waals surface area contributed by atoms with Crippen molar-refractivity contribution in [2.24, 2.45) is 0 Å². The normalized spacial score (nSPS) is 12.6. The molecular weight excluding hydrogens is 279 g/mol. The molecule has 9 heteroatoms. The predicted octanol–water partition coefficient (Wildman–Crippen LogP) is 1.83. The van der Waals surface area contributed by atoms with E-state index in [9.17, 15) is 9.46 Å². The summed E-state index contributed by atoms with van der Waals surface area (Å²) >= 11 is 0. The van der Waals surface area contributed by atoms with Crippen LogP contribution in [0, 0.1) is 0 Å². The van der Waals surface area contributed by atoms with Crippen molar-refractivity contribution in [3.05, 3.63) is 0 Å². The molecule has 0 bridgehead atoms. The molecule has 0 heterocycles. The van der Waals surface area contributed by atoms with Gasteiger partial charge in [0.25, 0.3) is 0 Å².